The summed E-state index contributed by atoms with van der Waals surface area (Å²) in [5.41, 5.74) is 3.14. The quantitative estimate of drug-likeness (QED) is 0.449. The zero-order valence-electron chi connectivity index (χ0n) is 17.9. The van der Waals surface area contributed by atoms with E-state index in [0.29, 0.717) is 5.54 Å². The van der Waals surface area contributed by atoms with Crippen LogP contribution in [0.4, 0.5) is 0 Å². The summed E-state index contributed by atoms with van der Waals surface area (Å²) >= 11 is 0. The van der Waals surface area contributed by atoms with Crippen LogP contribution in [0.15, 0.2) is 96.7 Å². The van der Waals surface area contributed by atoms with Crippen LogP contribution in [0, 0.1) is 6.92 Å². The lowest BCUT2D eigenvalue weighted by molar-refractivity contribution is 1.10. The lowest BCUT2D eigenvalue weighted by atomic mass is 10.1. The monoisotopic (exact) mass is 400 g/mol. The lowest BCUT2D eigenvalue weighted by Crippen LogP contribution is -2.54. The van der Waals surface area contributed by atoms with Gasteiger partial charge in [0.15, 0.2) is 0 Å². The van der Waals surface area contributed by atoms with E-state index in [1.807, 2.05) is 0 Å². The molecule has 0 heterocycles. The molecule has 0 saturated carbocycles. The predicted octanol–water partition coefficient (Wildman–Crippen LogP) is 5.94. The van der Waals surface area contributed by atoms with Crippen LogP contribution in [-0.2, 0) is 0 Å². The molecule has 0 saturated heterocycles. The van der Waals surface area contributed by atoms with E-state index < -0.39 is 16.1 Å². The van der Waals surface area contributed by atoms with Gasteiger partial charge in [0, 0.05) is 5.54 Å². The Morgan fingerprint density at radius 3 is 1.64 bits per heavy atom. The van der Waals surface area contributed by atoms with Crippen LogP contribution in [0.5, 0.6) is 0 Å². The highest BCUT2D eigenvalue weighted by molar-refractivity contribution is 7.00. The minimum atomic E-state index is -1.84. The van der Waals surface area contributed by atoms with Crippen molar-refractivity contribution >= 4 is 26.5 Å². The fourth-order valence-electron chi connectivity index (χ4n) is 4.25. The molecule has 0 N–H and O–H groups in total. The van der Waals surface area contributed by atoms with Crippen molar-refractivity contribution in [1.29, 1.82) is 0 Å². The topological polar surface area (TPSA) is 0 Å². The molecule has 3 aromatic rings. The van der Waals surface area contributed by atoms with E-state index in [-0.39, 0.29) is 0 Å². The molecule has 3 rings (SSSR count). The molecule has 0 aliphatic carbocycles. The largest absolute Gasteiger partial charge is 0.107 e. The van der Waals surface area contributed by atoms with Crippen molar-refractivity contribution in [1.82, 2.24) is 0 Å². The number of rotatable bonds is 6. The summed E-state index contributed by atoms with van der Waals surface area (Å²) in [6, 6.07) is 31.3. The Bertz CT molecular complexity index is 923. The Kier molecular flexibility index (Phi) is 5.92. The second-order valence-corrected chi connectivity index (χ2v) is 18.0. The number of hydrogen-bond acceptors (Lipinski definition) is 0. The van der Waals surface area contributed by atoms with E-state index in [2.05, 4.69) is 118 Å². The molecule has 0 aliphatic rings. The first kappa shape index (κ1) is 20.6. The third-order valence-corrected chi connectivity index (χ3v) is 14.2. The Balaban J connectivity index is 2.14. The lowest BCUT2D eigenvalue weighted by Gasteiger charge is -2.40. The average molecular weight is 401 g/mol. The zero-order chi connectivity index (χ0) is 20.4. The fourth-order valence-corrected chi connectivity index (χ4v) is 12.0. The summed E-state index contributed by atoms with van der Waals surface area (Å²) in [4.78, 5) is 0. The Hall–Kier alpha value is -2.17. The predicted molar refractivity (Wildman–Crippen MR) is 130 cm³/mol. The van der Waals surface area contributed by atoms with Gasteiger partial charge in [-0.1, -0.05) is 132 Å². The van der Waals surface area contributed by atoms with Crippen molar-refractivity contribution in [2.75, 3.05) is 0 Å². The first-order valence-corrected chi connectivity index (χ1v) is 16.2. The van der Waals surface area contributed by atoms with Crippen LogP contribution < -0.4 is 10.4 Å². The van der Waals surface area contributed by atoms with Gasteiger partial charge in [-0.05, 0) is 12.5 Å². The van der Waals surface area contributed by atoms with E-state index in [0.717, 1.165) is 0 Å². The highest BCUT2D eigenvalue weighted by Crippen LogP contribution is 2.37. The van der Waals surface area contributed by atoms with Crippen molar-refractivity contribution in [3.05, 3.63) is 108 Å². The van der Waals surface area contributed by atoms with Gasteiger partial charge < -0.3 is 0 Å². The minimum absolute atomic E-state index is 0.400. The first-order chi connectivity index (χ1) is 13.2. The van der Waals surface area contributed by atoms with Gasteiger partial charge in [-0.15, -0.1) is 6.58 Å². The maximum absolute atomic E-state index is 4.79. The fraction of sp³-hybridized carbons (Fsp3) is 0.231. The molecule has 1 unspecified atom stereocenters. The molecule has 2 heteroatoms. The molecule has 0 aliphatic heterocycles. The van der Waals surface area contributed by atoms with Gasteiger partial charge in [0.25, 0.3) is 0 Å². The average Bonchev–Trinajstić information content (AvgIpc) is 2.70. The summed E-state index contributed by atoms with van der Waals surface area (Å²) in [7, 11) is -3.68. The highest BCUT2D eigenvalue weighted by atomic mass is 28.3. The summed E-state index contributed by atoms with van der Waals surface area (Å²) in [6.07, 6.45) is 0. The number of aryl methyl sites for hydroxylation is 1. The first-order valence-electron chi connectivity index (χ1n) is 10.1. The van der Waals surface area contributed by atoms with Crippen molar-refractivity contribution < 1.29 is 0 Å². The van der Waals surface area contributed by atoms with Gasteiger partial charge in [-0.3, -0.25) is 0 Å². The third kappa shape index (κ3) is 3.99. The van der Waals surface area contributed by atoms with Gasteiger partial charge in [0.1, 0.15) is 8.07 Å². The molecule has 0 aromatic heterocycles. The normalized spacial score (nSPS) is 13.2. The van der Waals surface area contributed by atoms with Crippen LogP contribution in [0.25, 0.3) is 0 Å². The third-order valence-electron chi connectivity index (χ3n) is 6.30. The summed E-state index contributed by atoms with van der Waals surface area (Å²) in [5, 5.41) is 4.41. The summed E-state index contributed by atoms with van der Waals surface area (Å²) < 4.78 is 0. The summed E-state index contributed by atoms with van der Waals surface area (Å²) in [6.45, 7) is 16.9. The SMILES string of the molecule is C=C(C(c1ccc(C)cc1)[Si](C)(C)c1ccccc1)[Si](C)(C)c1ccccc1. The molecular formula is C26H32Si2. The highest BCUT2D eigenvalue weighted by Gasteiger charge is 2.42. The van der Waals surface area contributed by atoms with Crippen molar-refractivity contribution in [3.63, 3.8) is 0 Å². The minimum Gasteiger partial charge on any atom is -0.103 e. The van der Waals surface area contributed by atoms with Crippen molar-refractivity contribution in [3.8, 4) is 0 Å². The van der Waals surface area contributed by atoms with Gasteiger partial charge in [-0.25, -0.2) is 0 Å². The molecule has 1 atom stereocenters. The van der Waals surface area contributed by atoms with E-state index in [1.165, 1.54) is 26.7 Å². The van der Waals surface area contributed by atoms with Crippen LogP contribution in [0.3, 0.4) is 0 Å². The van der Waals surface area contributed by atoms with Gasteiger partial charge >= 0.3 is 0 Å². The van der Waals surface area contributed by atoms with Gasteiger partial charge in [0.2, 0.25) is 0 Å². The Morgan fingerprint density at radius 1 is 0.679 bits per heavy atom. The second-order valence-electron chi connectivity index (χ2n) is 8.95. The van der Waals surface area contributed by atoms with Gasteiger partial charge in [0.05, 0.1) is 8.07 Å². The van der Waals surface area contributed by atoms with Gasteiger partial charge in [-0.2, -0.15) is 0 Å². The molecule has 0 bridgehead atoms. The zero-order valence-corrected chi connectivity index (χ0v) is 19.9. The van der Waals surface area contributed by atoms with Crippen LogP contribution in [0.2, 0.25) is 26.2 Å². The van der Waals surface area contributed by atoms with Crippen LogP contribution in [0.1, 0.15) is 16.7 Å². The number of hydrogen-bond donors (Lipinski definition) is 0. The number of benzene rings is 3. The van der Waals surface area contributed by atoms with Crippen LogP contribution in [-0.4, -0.2) is 16.1 Å². The van der Waals surface area contributed by atoms with E-state index >= 15 is 0 Å². The maximum atomic E-state index is 4.79. The van der Waals surface area contributed by atoms with E-state index in [9.17, 15) is 0 Å². The van der Waals surface area contributed by atoms with E-state index in [4.69, 9.17) is 6.58 Å². The Labute approximate surface area is 173 Å². The molecule has 0 amide bonds. The molecule has 28 heavy (non-hydrogen) atoms. The molecule has 0 spiro atoms. The molecular weight excluding hydrogens is 368 g/mol. The second kappa shape index (κ2) is 8.06. The maximum Gasteiger partial charge on any atom is 0.107 e. The Morgan fingerprint density at radius 2 is 1.14 bits per heavy atom. The number of allylic oxidation sites excluding steroid dienone is 1. The van der Waals surface area contributed by atoms with Crippen molar-refractivity contribution in [2.24, 2.45) is 0 Å². The molecule has 0 nitrogen and oxygen atoms in total. The standard InChI is InChI=1S/C26H32Si2/c1-21-17-19-23(20-18-21)26(28(5,6)25-15-11-8-12-16-25)22(2)27(3,4)24-13-9-7-10-14-24/h7-20,26H,2H2,1,3-6H3. The smallest absolute Gasteiger partial charge is 0.103 e. The molecule has 0 fully saturated rings. The summed E-state index contributed by atoms with van der Waals surface area (Å²) in [5.74, 6) is 0. The van der Waals surface area contributed by atoms with E-state index in [1.54, 1.807) is 0 Å². The molecule has 3 aromatic carbocycles. The van der Waals surface area contributed by atoms with Crippen molar-refractivity contribution in [2.45, 2.75) is 38.7 Å². The van der Waals surface area contributed by atoms with Crippen LogP contribution >= 0.6 is 0 Å². The molecule has 144 valence electrons. The molecule has 0 radical (unpaired) electrons.